The molecule has 0 fully saturated rings. The Bertz CT molecular complexity index is 316. The molecule has 0 amide bonds. The van der Waals surface area contributed by atoms with Gasteiger partial charge in [0.05, 0.1) is 4.47 Å². The van der Waals surface area contributed by atoms with Gasteiger partial charge >= 0.3 is 5.56 Å². The number of nitrogens with one attached hydrogen (secondary N) is 1. The minimum atomic E-state index is -0.561. The van der Waals surface area contributed by atoms with E-state index in [4.69, 9.17) is 0 Å². The number of aromatic amines is 1. The SMILES string of the molecule is Cn1[nH]cc(Br)c(=O)c1=O. The van der Waals surface area contributed by atoms with Gasteiger partial charge in [-0.2, -0.15) is 0 Å². The van der Waals surface area contributed by atoms with Crippen molar-refractivity contribution in [2.45, 2.75) is 0 Å². The van der Waals surface area contributed by atoms with Crippen LogP contribution in [0.5, 0.6) is 0 Å². The Labute approximate surface area is 64.6 Å². The number of aromatic nitrogens is 2. The van der Waals surface area contributed by atoms with Crippen molar-refractivity contribution in [1.82, 2.24) is 9.78 Å². The quantitative estimate of drug-likeness (QED) is 0.598. The molecule has 0 radical (unpaired) electrons. The number of hydrogen-bond acceptors (Lipinski definition) is 2. The molecule has 0 spiro atoms. The highest BCUT2D eigenvalue weighted by molar-refractivity contribution is 9.10. The summed E-state index contributed by atoms with van der Waals surface area (Å²) in [6.45, 7) is 0. The van der Waals surface area contributed by atoms with Gasteiger partial charge in [0, 0.05) is 13.2 Å². The molecule has 0 atom stereocenters. The van der Waals surface area contributed by atoms with Gasteiger partial charge in [-0.25, -0.2) is 0 Å². The molecule has 1 rings (SSSR count). The Kier molecular flexibility index (Phi) is 1.76. The summed E-state index contributed by atoms with van der Waals surface area (Å²) in [6, 6.07) is 0. The van der Waals surface area contributed by atoms with Crippen LogP contribution in [0.25, 0.3) is 0 Å². The van der Waals surface area contributed by atoms with Crippen LogP contribution < -0.4 is 11.0 Å². The normalized spacial score (nSPS) is 9.80. The summed E-state index contributed by atoms with van der Waals surface area (Å²) in [5, 5.41) is 2.57. The highest BCUT2D eigenvalue weighted by Crippen LogP contribution is 1.94. The molecule has 0 saturated carbocycles. The first-order valence-corrected chi connectivity index (χ1v) is 3.36. The maximum atomic E-state index is 10.8. The van der Waals surface area contributed by atoms with Crippen molar-refractivity contribution >= 4 is 15.9 Å². The lowest BCUT2D eigenvalue weighted by molar-refractivity contribution is 0.696. The molecule has 0 saturated heterocycles. The van der Waals surface area contributed by atoms with Crippen molar-refractivity contribution in [1.29, 1.82) is 0 Å². The van der Waals surface area contributed by atoms with E-state index in [2.05, 4.69) is 21.0 Å². The number of nitrogens with zero attached hydrogens (tertiary/aromatic N) is 1. The second kappa shape index (κ2) is 2.42. The van der Waals surface area contributed by atoms with Gasteiger partial charge in [-0.3, -0.25) is 14.3 Å². The average molecular weight is 205 g/mol. The first kappa shape index (κ1) is 7.27. The van der Waals surface area contributed by atoms with Gasteiger partial charge in [-0.15, -0.1) is 0 Å². The van der Waals surface area contributed by atoms with E-state index < -0.39 is 11.0 Å². The lowest BCUT2D eigenvalue weighted by atomic mass is 10.5. The predicted octanol–water partition coefficient (Wildman–Crippen LogP) is -0.164. The van der Waals surface area contributed by atoms with Crippen LogP contribution in [0.2, 0.25) is 0 Å². The number of rotatable bonds is 0. The second-order valence-corrected chi connectivity index (χ2v) is 2.67. The van der Waals surface area contributed by atoms with Crippen molar-refractivity contribution in [2.75, 3.05) is 0 Å². The van der Waals surface area contributed by atoms with Gasteiger partial charge in [-0.1, -0.05) is 0 Å². The van der Waals surface area contributed by atoms with Gasteiger partial charge in [0.1, 0.15) is 0 Å². The third kappa shape index (κ3) is 1.04. The summed E-state index contributed by atoms with van der Waals surface area (Å²) in [4.78, 5) is 21.6. The third-order valence-corrected chi connectivity index (χ3v) is 1.69. The maximum Gasteiger partial charge on any atom is 0.313 e. The number of halogens is 1. The van der Waals surface area contributed by atoms with Crippen molar-refractivity contribution in [3.63, 3.8) is 0 Å². The Hall–Kier alpha value is -0.840. The Balaban J connectivity index is 3.67. The molecular weight excluding hydrogens is 200 g/mol. The molecule has 0 bridgehead atoms. The highest BCUT2D eigenvalue weighted by Gasteiger charge is 1.99. The van der Waals surface area contributed by atoms with E-state index in [9.17, 15) is 9.59 Å². The van der Waals surface area contributed by atoms with Crippen LogP contribution >= 0.6 is 15.9 Å². The topological polar surface area (TPSA) is 54.9 Å². The monoisotopic (exact) mass is 204 g/mol. The van der Waals surface area contributed by atoms with E-state index >= 15 is 0 Å². The zero-order valence-electron chi connectivity index (χ0n) is 5.22. The van der Waals surface area contributed by atoms with Crippen LogP contribution in [0, 0.1) is 0 Å². The summed E-state index contributed by atoms with van der Waals surface area (Å²) in [5.41, 5.74) is -1.09. The molecule has 0 unspecified atom stereocenters. The van der Waals surface area contributed by atoms with Crippen molar-refractivity contribution in [3.05, 3.63) is 31.2 Å². The Morgan fingerprint density at radius 1 is 1.60 bits per heavy atom. The van der Waals surface area contributed by atoms with Crippen LogP contribution in [-0.4, -0.2) is 9.78 Å². The number of H-pyrrole nitrogens is 1. The summed E-state index contributed by atoms with van der Waals surface area (Å²) in [5.74, 6) is 0. The minimum Gasteiger partial charge on any atom is -0.302 e. The third-order valence-electron chi connectivity index (χ3n) is 1.10. The molecule has 10 heavy (non-hydrogen) atoms. The van der Waals surface area contributed by atoms with E-state index in [1.165, 1.54) is 13.2 Å². The zero-order chi connectivity index (χ0) is 7.72. The van der Waals surface area contributed by atoms with E-state index in [0.29, 0.717) is 0 Å². The molecular formula is C5H5BrN2O2. The van der Waals surface area contributed by atoms with Gasteiger partial charge < -0.3 is 5.10 Å². The zero-order valence-corrected chi connectivity index (χ0v) is 6.81. The lowest BCUT2D eigenvalue weighted by Crippen LogP contribution is -2.34. The number of aryl methyl sites for hydroxylation is 1. The second-order valence-electron chi connectivity index (χ2n) is 1.81. The van der Waals surface area contributed by atoms with E-state index in [0.717, 1.165) is 4.68 Å². The molecule has 54 valence electrons. The molecule has 0 aliphatic carbocycles. The first-order valence-electron chi connectivity index (χ1n) is 2.57. The molecule has 1 N–H and O–H groups in total. The van der Waals surface area contributed by atoms with Crippen LogP contribution in [0.3, 0.4) is 0 Å². The standard InChI is InChI=1S/C5H5BrN2O2/c1-8-5(10)4(9)3(6)2-7-8/h2,7H,1H3. The Morgan fingerprint density at radius 2 is 2.20 bits per heavy atom. The minimum absolute atomic E-state index is 0.260. The fourth-order valence-electron chi connectivity index (χ4n) is 0.532. The van der Waals surface area contributed by atoms with E-state index in [1.54, 1.807) is 0 Å². The van der Waals surface area contributed by atoms with E-state index in [-0.39, 0.29) is 4.47 Å². The van der Waals surface area contributed by atoms with Crippen LogP contribution in [0.4, 0.5) is 0 Å². The van der Waals surface area contributed by atoms with Crippen LogP contribution in [0.1, 0.15) is 0 Å². The maximum absolute atomic E-state index is 10.8. The average Bonchev–Trinajstić information content (AvgIpc) is 1.93. The molecule has 1 aromatic heterocycles. The van der Waals surface area contributed by atoms with Crippen molar-refractivity contribution < 1.29 is 0 Å². The molecule has 1 heterocycles. The van der Waals surface area contributed by atoms with Gasteiger partial charge in [0.25, 0.3) is 5.43 Å². The van der Waals surface area contributed by atoms with Crippen molar-refractivity contribution in [2.24, 2.45) is 7.05 Å². The summed E-state index contributed by atoms with van der Waals surface area (Å²) < 4.78 is 1.38. The predicted molar refractivity (Wildman–Crippen MR) is 40.0 cm³/mol. The largest absolute Gasteiger partial charge is 0.313 e. The smallest absolute Gasteiger partial charge is 0.302 e. The van der Waals surface area contributed by atoms with Gasteiger partial charge in [0.15, 0.2) is 0 Å². The molecule has 5 heteroatoms. The molecule has 0 aliphatic rings. The summed E-state index contributed by atoms with van der Waals surface area (Å²) in [6.07, 6.45) is 1.42. The summed E-state index contributed by atoms with van der Waals surface area (Å²) >= 11 is 2.92. The fraction of sp³-hybridized carbons (Fsp3) is 0.200. The summed E-state index contributed by atoms with van der Waals surface area (Å²) in [7, 11) is 1.48. The first-order chi connectivity index (χ1) is 4.63. The molecule has 1 aromatic rings. The van der Waals surface area contributed by atoms with E-state index in [1.807, 2.05) is 0 Å². The van der Waals surface area contributed by atoms with Crippen LogP contribution in [0.15, 0.2) is 20.3 Å². The van der Waals surface area contributed by atoms with Gasteiger partial charge in [0.2, 0.25) is 0 Å². The number of hydrogen-bond donors (Lipinski definition) is 1. The molecule has 4 nitrogen and oxygen atoms in total. The fourth-order valence-corrected chi connectivity index (χ4v) is 0.804. The van der Waals surface area contributed by atoms with Crippen LogP contribution in [-0.2, 0) is 7.05 Å². The Morgan fingerprint density at radius 3 is 2.70 bits per heavy atom. The molecule has 0 aromatic carbocycles. The van der Waals surface area contributed by atoms with Gasteiger partial charge in [-0.05, 0) is 15.9 Å². The molecule has 0 aliphatic heterocycles. The van der Waals surface area contributed by atoms with Crippen molar-refractivity contribution in [3.8, 4) is 0 Å². The lowest BCUT2D eigenvalue weighted by Gasteiger charge is -1.93. The highest BCUT2D eigenvalue weighted by atomic mass is 79.9.